The molecule has 6 heteroatoms. The van der Waals surface area contributed by atoms with E-state index >= 15 is 0 Å². The fraction of sp³-hybridized carbons (Fsp3) is 0.273. The van der Waals surface area contributed by atoms with E-state index in [-0.39, 0.29) is 11.9 Å². The summed E-state index contributed by atoms with van der Waals surface area (Å²) in [5, 5.41) is 2.90. The number of carbonyl (C=O) groups excluding carboxylic acids is 1. The van der Waals surface area contributed by atoms with Gasteiger partial charge in [-0.2, -0.15) is 0 Å². The minimum atomic E-state index is -0.115. The van der Waals surface area contributed by atoms with Crippen molar-refractivity contribution in [3.8, 4) is 0 Å². The van der Waals surface area contributed by atoms with Crippen LogP contribution in [-0.4, -0.2) is 34.5 Å². The molecule has 17 heavy (non-hydrogen) atoms. The lowest BCUT2D eigenvalue weighted by Gasteiger charge is -2.26. The lowest BCUT2D eigenvalue weighted by molar-refractivity contribution is -0.00344. The van der Waals surface area contributed by atoms with Crippen molar-refractivity contribution in [2.45, 2.75) is 6.04 Å². The van der Waals surface area contributed by atoms with E-state index in [1.165, 1.54) is 0 Å². The third-order valence-electron chi connectivity index (χ3n) is 2.67. The van der Waals surface area contributed by atoms with Gasteiger partial charge in [0.2, 0.25) is 0 Å². The van der Waals surface area contributed by atoms with E-state index in [9.17, 15) is 4.79 Å². The molecule has 0 aliphatic carbocycles. The maximum absolute atomic E-state index is 12.1. The monoisotopic (exact) mass is 295 g/mol. The average molecular weight is 296 g/mol. The molecule has 0 bridgehead atoms. The van der Waals surface area contributed by atoms with Crippen LogP contribution in [0.3, 0.4) is 0 Å². The molecule has 5 nitrogen and oxygen atoms in total. The standard InChI is InChI=1S/C11H10BrN3O2/c12-7-3-9(10-13-1-2-15(10)4-7)11(16)14-8-5-17-6-8/h1-4,8H,5-6H2,(H,14,16). The molecule has 0 spiro atoms. The van der Waals surface area contributed by atoms with E-state index in [0.717, 1.165) is 4.47 Å². The second-order valence-electron chi connectivity index (χ2n) is 3.94. The molecule has 1 N–H and O–H groups in total. The quantitative estimate of drug-likeness (QED) is 0.906. The number of ether oxygens (including phenoxy) is 1. The smallest absolute Gasteiger partial charge is 0.255 e. The van der Waals surface area contributed by atoms with Gasteiger partial charge in [-0.25, -0.2) is 4.98 Å². The van der Waals surface area contributed by atoms with Gasteiger partial charge in [-0.05, 0) is 22.0 Å². The SMILES string of the molecule is O=C(NC1COC1)c1cc(Br)cn2ccnc12. The van der Waals surface area contributed by atoms with Crippen molar-refractivity contribution in [3.63, 3.8) is 0 Å². The van der Waals surface area contributed by atoms with Crippen molar-refractivity contribution in [3.05, 3.63) is 34.7 Å². The van der Waals surface area contributed by atoms with Crippen LogP contribution in [-0.2, 0) is 4.74 Å². The molecule has 2 aromatic heterocycles. The van der Waals surface area contributed by atoms with Crippen LogP contribution in [0.1, 0.15) is 10.4 Å². The van der Waals surface area contributed by atoms with Gasteiger partial charge in [0.05, 0.1) is 24.8 Å². The summed E-state index contributed by atoms with van der Waals surface area (Å²) in [5.74, 6) is -0.115. The first-order chi connectivity index (χ1) is 8.24. The predicted molar refractivity (Wildman–Crippen MR) is 65.0 cm³/mol. The van der Waals surface area contributed by atoms with E-state index in [1.807, 2.05) is 16.8 Å². The van der Waals surface area contributed by atoms with Gasteiger partial charge in [0.25, 0.3) is 5.91 Å². The summed E-state index contributed by atoms with van der Waals surface area (Å²) in [4.78, 5) is 16.3. The number of nitrogens with zero attached hydrogens (tertiary/aromatic N) is 2. The highest BCUT2D eigenvalue weighted by atomic mass is 79.9. The first-order valence-electron chi connectivity index (χ1n) is 5.25. The molecule has 2 aromatic rings. The van der Waals surface area contributed by atoms with Crippen molar-refractivity contribution in [2.75, 3.05) is 13.2 Å². The van der Waals surface area contributed by atoms with Crippen LogP contribution in [0.25, 0.3) is 5.65 Å². The van der Waals surface area contributed by atoms with Crippen molar-refractivity contribution in [2.24, 2.45) is 0 Å². The molecular weight excluding hydrogens is 286 g/mol. The summed E-state index contributed by atoms with van der Waals surface area (Å²) in [6, 6.07) is 1.90. The van der Waals surface area contributed by atoms with Gasteiger partial charge in [0.1, 0.15) is 5.65 Å². The second-order valence-corrected chi connectivity index (χ2v) is 4.85. The van der Waals surface area contributed by atoms with Gasteiger partial charge in [0.15, 0.2) is 0 Å². The summed E-state index contributed by atoms with van der Waals surface area (Å²) < 4.78 is 7.68. The third kappa shape index (κ3) is 1.94. The highest BCUT2D eigenvalue weighted by Crippen LogP contribution is 2.17. The topological polar surface area (TPSA) is 55.6 Å². The molecule has 0 atom stereocenters. The largest absolute Gasteiger partial charge is 0.377 e. The minimum Gasteiger partial charge on any atom is -0.377 e. The Morgan fingerprint density at radius 2 is 2.41 bits per heavy atom. The zero-order chi connectivity index (χ0) is 11.8. The number of pyridine rings is 1. The van der Waals surface area contributed by atoms with Gasteiger partial charge in [-0.3, -0.25) is 4.79 Å². The Labute approximate surface area is 106 Å². The molecule has 88 valence electrons. The Morgan fingerprint density at radius 1 is 1.59 bits per heavy atom. The van der Waals surface area contributed by atoms with Gasteiger partial charge in [-0.1, -0.05) is 0 Å². The van der Waals surface area contributed by atoms with E-state index in [4.69, 9.17) is 4.74 Å². The van der Waals surface area contributed by atoms with Crippen LogP contribution < -0.4 is 5.32 Å². The number of hydrogen-bond donors (Lipinski definition) is 1. The molecule has 1 aliphatic heterocycles. The average Bonchev–Trinajstić information content (AvgIpc) is 2.69. The molecule has 1 saturated heterocycles. The fourth-order valence-corrected chi connectivity index (χ4v) is 2.20. The van der Waals surface area contributed by atoms with E-state index < -0.39 is 0 Å². The van der Waals surface area contributed by atoms with Crippen molar-refractivity contribution in [1.29, 1.82) is 0 Å². The summed E-state index contributed by atoms with van der Waals surface area (Å²) in [6.45, 7) is 1.18. The molecule has 3 heterocycles. The number of imidazole rings is 1. The molecule has 0 radical (unpaired) electrons. The maximum atomic E-state index is 12.1. The first-order valence-corrected chi connectivity index (χ1v) is 6.04. The molecule has 0 saturated carbocycles. The maximum Gasteiger partial charge on any atom is 0.255 e. The van der Waals surface area contributed by atoms with Crippen molar-refractivity contribution >= 4 is 27.5 Å². The Kier molecular flexibility index (Phi) is 2.60. The van der Waals surface area contributed by atoms with Crippen LogP contribution >= 0.6 is 15.9 Å². The molecule has 3 rings (SSSR count). The summed E-state index contributed by atoms with van der Waals surface area (Å²) in [7, 11) is 0. The summed E-state index contributed by atoms with van der Waals surface area (Å²) >= 11 is 3.38. The highest BCUT2D eigenvalue weighted by molar-refractivity contribution is 9.10. The molecule has 0 unspecified atom stereocenters. The summed E-state index contributed by atoms with van der Waals surface area (Å²) in [6.07, 6.45) is 5.35. The predicted octanol–water partition coefficient (Wildman–Crippen LogP) is 1.23. The number of rotatable bonds is 2. The molecule has 0 aromatic carbocycles. The highest BCUT2D eigenvalue weighted by Gasteiger charge is 2.22. The normalized spacial score (nSPS) is 15.8. The number of hydrogen-bond acceptors (Lipinski definition) is 3. The van der Waals surface area contributed by atoms with E-state index in [2.05, 4.69) is 26.2 Å². The molecule has 1 fully saturated rings. The number of aromatic nitrogens is 2. The number of amides is 1. The zero-order valence-corrected chi connectivity index (χ0v) is 10.5. The molecule has 1 amide bonds. The van der Waals surface area contributed by atoms with Gasteiger partial charge in [-0.15, -0.1) is 0 Å². The number of halogens is 1. The number of carbonyl (C=O) groups is 1. The van der Waals surface area contributed by atoms with Crippen LogP contribution in [0.4, 0.5) is 0 Å². The van der Waals surface area contributed by atoms with Gasteiger partial charge < -0.3 is 14.5 Å². The molecular formula is C11H10BrN3O2. The molecule has 1 aliphatic rings. The lowest BCUT2D eigenvalue weighted by Crippen LogP contribution is -2.48. The first kappa shape index (κ1) is 10.7. The van der Waals surface area contributed by atoms with Crippen LogP contribution in [0, 0.1) is 0 Å². The zero-order valence-electron chi connectivity index (χ0n) is 8.89. The van der Waals surface area contributed by atoms with Gasteiger partial charge in [0, 0.05) is 23.1 Å². The number of nitrogens with one attached hydrogen (secondary N) is 1. The second kappa shape index (κ2) is 4.12. The Hall–Kier alpha value is -1.40. The van der Waals surface area contributed by atoms with Crippen LogP contribution in [0.5, 0.6) is 0 Å². The summed E-state index contributed by atoms with van der Waals surface area (Å²) in [5.41, 5.74) is 1.22. The Morgan fingerprint density at radius 3 is 3.12 bits per heavy atom. The lowest BCUT2D eigenvalue weighted by atomic mass is 10.2. The van der Waals surface area contributed by atoms with E-state index in [1.54, 1.807) is 12.3 Å². The van der Waals surface area contributed by atoms with Crippen molar-refractivity contribution in [1.82, 2.24) is 14.7 Å². The Bertz CT molecular complexity index is 577. The minimum absolute atomic E-state index is 0.115. The Balaban J connectivity index is 1.97. The van der Waals surface area contributed by atoms with E-state index in [0.29, 0.717) is 24.4 Å². The van der Waals surface area contributed by atoms with Crippen LogP contribution in [0.15, 0.2) is 29.1 Å². The number of fused-ring (bicyclic) bond motifs is 1. The van der Waals surface area contributed by atoms with Gasteiger partial charge >= 0.3 is 0 Å². The third-order valence-corrected chi connectivity index (χ3v) is 3.11. The van der Waals surface area contributed by atoms with Crippen LogP contribution in [0.2, 0.25) is 0 Å². The van der Waals surface area contributed by atoms with Crippen molar-refractivity contribution < 1.29 is 9.53 Å². The fourth-order valence-electron chi connectivity index (χ4n) is 1.75.